The van der Waals surface area contributed by atoms with E-state index in [0.717, 1.165) is 73.1 Å². The molecule has 174 valence electrons. The molecule has 1 saturated heterocycles. The van der Waals surface area contributed by atoms with E-state index in [2.05, 4.69) is 15.3 Å². The predicted octanol–water partition coefficient (Wildman–Crippen LogP) is 3.68. The molecule has 0 spiro atoms. The predicted molar refractivity (Wildman–Crippen MR) is 130 cm³/mol. The van der Waals surface area contributed by atoms with Gasteiger partial charge in [-0.25, -0.2) is 0 Å². The Balaban J connectivity index is 1.42. The monoisotopic (exact) mass is 448 g/mol. The van der Waals surface area contributed by atoms with E-state index in [1.165, 1.54) is 0 Å². The summed E-state index contributed by atoms with van der Waals surface area (Å²) in [5.74, 6) is 0.744. The fourth-order valence-corrected chi connectivity index (χ4v) is 4.08. The van der Waals surface area contributed by atoms with Gasteiger partial charge in [0.25, 0.3) is 0 Å². The third kappa shape index (κ3) is 6.43. The number of aromatic nitrogens is 2. The van der Waals surface area contributed by atoms with E-state index in [0.29, 0.717) is 13.0 Å². The first-order valence-corrected chi connectivity index (χ1v) is 11.5. The first kappa shape index (κ1) is 23.0. The molecule has 1 amide bonds. The fraction of sp³-hybridized carbons (Fsp3) is 0.385. The van der Waals surface area contributed by atoms with Crippen molar-refractivity contribution in [3.05, 3.63) is 65.9 Å². The van der Waals surface area contributed by atoms with Crippen LogP contribution in [0, 0.1) is 6.92 Å². The molecule has 0 radical (unpaired) electrons. The van der Waals surface area contributed by atoms with Crippen LogP contribution in [0.3, 0.4) is 0 Å². The van der Waals surface area contributed by atoms with Crippen molar-refractivity contribution in [1.82, 2.24) is 14.7 Å². The van der Waals surface area contributed by atoms with Crippen molar-refractivity contribution >= 4 is 11.6 Å². The van der Waals surface area contributed by atoms with Crippen LogP contribution >= 0.6 is 0 Å². The molecule has 1 aliphatic rings. The number of hydrogen-bond donors (Lipinski definition) is 1. The highest BCUT2D eigenvalue weighted by molar-refractivity contribution is 5.93. The highest BCUT2D eigenvalue weighted by Gasteiger charge is 2.14. The number of nitrogens with one attached hydrogen (secondary N) is 1. The van der Waals surface area contributed by atoms with Crippen LogP contribution in [-0.2, 0) is 23.0 Å². The normalized spacial score (nSPS) is 14.2. The van der Waals surface area contributed by atoms with Gasteiger partial charge in [0.2, 0.25) is 5.91 Å². The lowest BCUT2D eigenvalue weighted by molar-refractivity contribution is -0.115. The minimum Gasteiger partial charge on any atom is -0.493 e. The molecular formula is C26H32N4O3. The van der Waals surface area contributed by atoms with Crippen LogP contribution in [-0.4, -0.2) is 60.0 Å². The Labute approximate surface area is 195 Å². The zero-order valence-electron chi connectivity index (χ0n) is 19.4. The van der Waals surface area contributed by atoms with E-state index in [1.807, 2.05) is 67.2 Å². The van der Waals surface area contributed by atoms with Gasteiger partial charge in [0.05, 0.1) is 31.9 Å². The van der Waals surface area contributed by atoms with Crippen molar-refractivity contribution in [1.29, 1.82) is 0 Å². The summed E-state index contributed by atoms with van der Waals surface area (Å²) in [6, 6.07) is 15.8. The molecule has 33 heavy (non-hydrogen) atoms. The third-order valence-electron chi connectivity index (χ3n) is 5.79. The maximum atomic E-state index is 12.6. The first-order valence-electron chi connectivity index (χ1n) is 11.5. The molecule has 0 unspecified atom stereocenters. The van der Waals surface area contributed by atoms with E-state index < -0.39 is 0 Å². The molecular weight excluding hydrogens is 416 g/mol. The summed E-state index contributed by atoms with van der Waals surface area (Å²) in [7, 11) is 1.90. The summed E-state index contributed by atoms with van der Waals surface area (Å²) < 4.78 is 13.4. The number of aryl methyl sites for hydroxylation is 2. The molecule has 7 heteroatoms. The number of morpholine rings is 1. The lowest BCUT2D eigenvalue weighted by atomic mass is 10.1. The highest BCUT2D eigenvalue weighted by Crippen LogP contribution is 2.32. The number of benzene rings is 2. The van der Waals surface area contributed by atoms with Crippen molar-refractivity contribution in [3.8, 4) is 17.0 Å². The summed E-state index contributed by atoms with van der Waals surface area (Å²) >= 11 is 0. The van der Waals surface area contributed by atoms with E-state index in [-0.39, 0.29) is 5.91 Å². The van der Waals surface area contributed by atoms with Gasteiger partial charge in [0.15, 0.2) is 0 Å². The average molecular weight is 449 g/mol. The Bertz CT molecular complexity index is 1070. The smallest absolute Gasteiger partial charge is 0.228 e. The molecule has 2 heterocycles. The van der Waals surface area contributed by atoms with Crippen LogP contribution in [0.5, 0.6) is 5.75 Å². The number of anilines is 1. The first-order chi connectivity index (χ1) is 16.1. The Morgan fingerprint density at radius 3 is 2.76 bits per heavy atom. The van der Waals surface area contributed by atoms with Gasteiger partial charge in [-0.2, -0.15) is 5.10 Å². The number of nitrogens with zero attached hydrogens (tertiary/aromatic N) is 3. The van der Waals surface area contributed by atoms with Gasteiger partial charge in [0.1, 0.15) is 5.75 Å². The third-order valence-corrected chi connectivity index (χ3v) is 5.79. The molecule has 0 aliphatic carbocycles. The molecule has 1 aromatic heterocycles. The van der Waals surface area contributed by atoms with E-state index >= 15 is 0 Å². The molecule has 2 aromatic carbocycles. The zero-order chi connectivity index (χ0) is 23.0. The second-order valence-corrected chi connectivity index (χ2v) is 8.42. The van der Waals surface area contributed by atoms with Crippen LogP contribution in [0.2, 0.25) is 0 Å². The van der Waals surface area contributed by atoms with Crippen LogP contribution in [0.25, 0.3) is 11.3 Å². The van der Waals surface area contributed by atoms with Crippen molar-refractivity contribution < 1.29 is 14.3 Å². The van der Waals surface area contributed by atoms with Gasteiger partial charge in [-0.05, 0) is 43.2 Å². The number of carbonyl (C=O) groups excluding carboxylic acids is 1. The quantitative estimate of drug-likeness (QED) is 0.506. The van der Waals surface area contributed by atoms with Crippen molar-refractivity contribution in [3.63, 3.8) is 0 Å². The lowest BCUT2D eigenvalue weighted by Gasteiger charge is -2.26. The summed E-state index contributed by atoms with van der Waals surface area (Å²) in [6.07, 6.45) is 3.04. The van der Waals surface area contributed by atoms with E-state index in [4.69, 9.17) is 9.47 Å². The maximum Gasteiger partial charge on any atom is 0.228 e. The second kappa shape index (κ2) is 11.1. The zero-order valence-corrected chi connectivity index (χ0v) is 19.4. The topological polar surface area (TPSA) is 68.6 Å². The summed E-state index contributed by atoms with van der Waals surface area (Å²) in [6.45, 7) is 7.24. The van der Waals surface area contributed by atoms with Crippen molar-refractivity contribution in [2.45, 2.75) is 19.8 Å². The molecule has 4 rings (SSSR count). The molecule has 0 atom stereocenters. The fourth-order valence-electron chi connectivity index (χ4n) is 4.08. The minimum atomic E-state index is -0.0456. The summed E-state index contributed by atoms with van der Waals surface area (Å²) in [5, 5.41) is 7.33. The van der Waals surface area contributed by atoms with Crippen LogP contribution < -0.4 is 10.1 Å². The van der Waals surface area contributed by atoms with Gasteiger partial charge in [0, 0.05) is 44.1 Å². The SMILES string of the molecule is Cc1cccc(CC(=O)Nc2ccc(OCCCN3CCOCC3)c(-c3ccnn3C)c2)c1. The molecule has 1 aliphatic heterocycles. The van der Waals surface area contributed by atoms with E-state index in [1.54, 1.807) is 6.20 Å². The number of rotatable bonds is 9. The molecule has 3 aromatic rings. The van der Waals surface area contributed by atoms with Crippen molar-refractivity contribution in [2.24, 2.45) is 7.05 Å². The van der Waals surface area contributed by atoms with Gasteiger partial charge >= 0.3 is 0 Å². The van der Waals surface area contributed by atoms with Gasteiger partial charge in [-0.3, -0.25) is 14.4 Å². The minimum absolute atomic E-state index is 0.0456. The van der Waals surface area contributed by atoms with Crippen LogP contribution in [0.4, 0.5) is 5.69 Å². The number of ether oxygens (including phenoxy) is 2. The van der Waals surface area contributed by atoms with Crippen LogP contribution in [0.1, 0.15) is 17.5 Å². The van der Waals surface area contributed by atoms with Crippen LogP contribution in [0.15, 0.2) is 54.7 Å². The molecule has 0 bridgehead atoms. The largest absolute Gasteiger partial charge is 0.493 e. The number of carbonyl (C=O) groups is 1. The molecule has 1 fully saturated rings. The standard InChI is InChI=1S/C26H32N4O3/c1-20-5-3-6-21(17-20)18-26(31)28-22-7-8-25(23(19-22)24-9-10-27-29(24)2)33-14-4-11-30-12-15-32-16-13-30/h3,5-10,17,19H,4,11-16,18H2,1-2H3,(H,28,31). The van der Waals surface area contributed by atoms with Crippen molar-refractivity contribution in [2.75, 3.05) is 44.8 Å². The molecule has 0 saturated carbocycles. The van der Waals surface area contributed by atoms with Gasteiger partial charge in [-0.1, -0.05) is 29.8 Å². The lowest BCUT2D eigenvalue weighted by Crippen LogP contribution is -2.37. The van der Waals surface area contributed by atoms with Gasteiger partial charge in [-0.15, -0.1) is 0 Å². The highest BCUT2D eigenvalue weighted by atomic mass is 16.5. The Hall–Kier alpha value is -3.16. The Kier molecular flexibility index (Phi) is 7.75. The number of amides is 1. The summed E-state index contributed by atoms with van der Waals surface area (Å²) in [5.41, 5.74) is 4.74. The summed E-state index contributed by atoms with van der Waals surface area (Å²) in [4.78, 5) is 15.0. The second-order valence-electron chi connectivity index (χ2n) is 8.42. The molecule has 7 nitrogen and oxygen atoms in total. The Morgan fingerprint density at radius 2 is 2.00 bits per heavy atom. The average Bonchev–Trinajstić information content (AvgIpc) is 3.23. The number of hydrogen-bond acceptors (Lipinski definition) is 5. The Morgan fingerprint density at radius 1 is 1.15 bits per heavy atom. The molecule has 1 N–H and O–H groups in total. The van der Waals surface area contributed by atoms with Gasteiger partial charge < -0.3 is 14.8 Å². The maximum absolute atomic E-state index is 12.6. The van der Waals surface area contributed by atoms with E-state index in [9.17, 15) is 4.79 Å².